The van der Waals surface area contributed by atoms with E-state index in [1.165, 1.54) is 18.9 Å². The molecule has 1 aromatic carbocycles. The Kier molecular flexibility index (Phi) is 5.36. The first-order chi connectivity index (χ1) is 12.5. The summed E-state index contributed by atoms with van der Waals surface area (Å²) >= 11 is 1.41. The number of benzene rings is 1. The van der Waals surface area contributed by atoms with E-state index in [0.717, 1.165) is 24.3 Å². The Morgan fingerprint density at radius 1 is 1.31 bits per heavy atom. The summed E-state index contributed by atoms with van der Waals surface area (Å²) in [5.41, 5.74) is 3.01. The smallest absolute Gasteiger partial charge is 0.338 e. The number of ether oxygens (including phenoxy) is 1. The van der Waals surface area contributed by atoms with Crippen LogP contribution in [0.4, 0.5) is 5.69 Å². The van der Waals surface area contributed by atoms with Gasteiger partial charge in [-0.3, -0.25) is 9.69 Å². The summed E-state index contributed by atoms with van der Waals surface area (Å²) in [5.74, 6) is -0.150. The van der Waals surface area contributed by atoms with E-state index >= 15 is 0 Å². The number of amidine groups is 1. The predicted octanol–water partition coefficient (Wildman–Crippen LogP) is 2.97. The van der Waals surface area contributed by atoms with E-state index in [0.29, 0.717) is 22.2 Å². The molecule has 0 bridgehead atoms. The van der Waals surface area contributed by atoms with E-state index in [4.69, 9.17) is 4.74 Å². The number of esters is 1. The summed E-state index contributed by atoms with van der Waals surface area (Å²) in [5, 5.41) is 0.651. The Bertz CT molecular complexity index is 782. The Hall–Kier alpha value is -2.28. The number of allylic oxidation sites excluding steroid dienone is 1. The van der Waals surface area contributed by atoms with Crippen LogP contribution >= 0.6 is 11.8 Å². The highest BCUT2D eigenvalue weighted by Gasteiger charge is 2.43. The Balaban J connectivity index is 2.05. The van der Waals surface area contributed by atoms with Crippen LogP contribution < -0.4 is 4.90 Å². The van der Waals surface area contributed by atoms with Crippen molar-refractivity contribution in [3.8, 4) is 0 Å². The van der Waals surface area contributed by atoms with Crippen molar-refractivity contribution in [2.75, 3.05) is 30.9 Å². The first-order valence-electron chi connectivity index (χ1n) is 8.69. The molecular weight excluding hydrogens is 350 g/mol. The zero-order valence-corrected chi connectivity index (χ0v) is 16.3. The summed E-state index contributed by atoms with van der Waals surface area (Å²) in [4.78, 5) is 33.2. The fraction of sp³-hybridized carbons (Fsp3) is 0.421. The number of amides is 1. The molecule has 0 saturated carbocycles. The molecule has 0 spiro atoms. The van der Waals surface area contributed by atoms with Gasteiger partial charge in [-0.1, -0.05) is 23.9 Å². The lowest BCUT2D eigenvalue weighted by Gasteiger charge is -2.33. The minimum absolute atomic E-state index is 0.0412. The molecule has 2 heterocycles. The maximum Gasteiger partial charge on any atom is 0.338 e. The van der Waals surface area contributed by atoms with Gasteiger partial charge in [-0.25, -0.2) is 9.79 Å². The van der Waals surface area contributed by atoms with E-state index in [2.05, 4.69) is 23.7 Å². The Morgan fingerprint density at radius 3 is 2.54 bits per heavy atom. The number of hydrogen-bond donors (Lipinski definition) is 0. The van der Waals surface area contributed by atoms with Crippen LogP contribution in [0.25, 0.3) is 0 Å². The molecule has 3 rings (SSSR count). The Morgan fingerprint density at radius 2 is 1.96 bits per heavy atom. The molecule has 1 amide bonds. The molecule has 1 atom stereocenters. The molecule has 0 unspecified atom stereocenters. The second kappa shape index (κ2) is 7.53. The standard InChI is InChI=1S/C19H23N3O3S/c1-5-21(6-2)14-9-7-13(8-10-14)17-16(18(24)25-4)12(3)20-19-22(17)15(23)11-26-19/h7-10,17H,5-6,11H2,1-4H3/t17-/m0/s1. The van der Waals surface area contributed by atoms with Crippen LogP contribution in [0.5, 0.6) is 0 Å². The third-order valence-corrected chi connectivity index (χ3v) is 5.66. The van der Waals surface area contributed by atoms with Gasteiger partial charge < -0.3 is 9.64 Å². The highest BCUT2D eigenvalue weighted by atomic mass is 32.2. The largest absolute Gasteiger partial charge is 0.466 e. The highest BCUT2D eigenvalue weighted by Crippen LogP contribution is 2.41. The number of nitrogens with zero attached hydrogens (tertiary/aromatic N) is 3. The third kappa shape index (κ3) is 3.11. The zero-order chi connectivity index (χ0) is 18.8. The summed E-state index contributed by atoms with van der Waals surface area (Å²) < 4.78 is 4.97. The van der Waals surface area contributed by atoms with Gasteiger partial charge in [0.25, 0.3) is 0 Å². The fourth-order valence-corrected chi connectivity index (χ4v) is 4.32. The van der Waals surface area contributed by atoms with E-state index in [1.54, 1.807) is 11.8 Å². The van der Waals surface area contributed by atoms with Gasteiger partial charge in [-0.05, 0) is 38.5 Å². The van der Waals surface area contributed by atoms with E-state index in [9.17, 15) is 9.59 Å². The molecule has 1 aromatic rings. The van der Waals surface area contributed by atoms with Crippen molar-refractivity contribution in [2.24, 2.45) is 4.99 Å². The molecule has 0 aliphatic carbocycles. The third-order valence-electron chi connectivity index (χ3n) is 4.73. The van der Waals surface area contributed by atoms with E-state index in [-0.39, 0.29) is 5.91 Å². The molecule has 2 aliphatic heterocycles. The molecule has 0 radical (unpaired) electrons. The van der Waals surface area contributed by atoms with Crippen molar-refractivity contribution in [3.63, 3.8) is 0 Å². The maximum absolute atomic E-state index is 12.5. The second-order valence-electron chi connectivity index (χ2n) is 6.10. The van der Waals surface area contributed by atoms with Crippen LogP contribution in [0.2, 0.25) is 0 Å². The molecule has 1 saturated heterocycles. The second-order valence-corrected chi connectivity index (χ2v) is 7.05. The average molecular weight is 373 g/mol. The van der Waals surface area contributed by atoms with Crippen LogP contribution in [0.3, 0.4) is 0 Å². The highest BCUT2D eigenvalue weighted by molar-refractivity contribution is 8.15. The van der Waals surface area contributed by atoms with E-state index in [1.807, 2.05) is 24.3 Å². The normalized spacial score (nSPS) is 19.4. The van der Waals surface area contributed by atoms with Gasteiger partial charge in [0.2, 0.25) is 5.91 Å². The van der Waals surface area contributed by atoms with Crippen molar-refractivity contribution in [1.29, 1.82) is 0 Å². The van der Waals surface area contributed by atoms with Crippen LogP contribution in [0.1, 0.15) is 32.4 Å². The molecule has 0 N–H and O–H groups in total. The molecule has 0 aromatic heterocycles. The number of aliphatic imine (C=N–C) groups is 1. The van der Waals surface area contributed by atoms with Crippen molar-refractivity contribution in [3.05, 3.63) is 41.1 Å². The molecule has 26 heavy (non-hydrogen) atoms. The first-order valence-corrected chi connectivity index (χ1v) is 9.67. The summed E-state index contributed by atoms with van der Waals surface area (Å²) in [6.07, 6.45) is 0. The molecule has 7 heteroatoms. The van der Waals surface area contributed by atoms with Gasteiger partial charge in [0, 0.05) is 18.8 Å². The minimum Gasteiger partial charge on any atom is -0.466 e. The molecule has 138 valence electrons. The van der Waals surface area contributed by atoms with Gasteiger partial charge in [0.1, 0.15) is 0 Å². The monoisotopic (exact) mass is 373 g/mol. The number of fused-ring (bicyclic) bond motifs is 1. The number of thioether (sulfide) groups is 1. The summed E-state index contributed by atoms with van der Waals surface area (Å²) in [6, 6.07) is 7.53. The van der Waals surface area contributed by atoms with Gasteiger partial charge in [-0.2, -0.15) is 0 Å². The lowest BCUT2D eigenvalue weighted by molar-refractivity contribution is -0.137. The predicted molar refractivity (Wildman–Crippen MR) is 104 cm³/mol. The topological polar surface area (TPSA) is 62.2 Å². The van der Waals surface area contributed by atoms with Crippen LogP contribution in [-0.4, -0.2) is 47.9 Å². The lowest BCUT2D eigenvalue weighted by Crippen LogP contribution is -2.39. The number of carbonyl (C=O) groups excluding carboxylic acids is 2. The van der Waals surface area contributed by atoms with Crippen molar-refractivity contribution in [1.82, 2.24) is 4.90 Å². The fourth-order valence-electron chi connectivity index (χ4n) is 3.38. The number of methoxy groups -OCH3 is 1. The van der Waals surface area contributed by atoms with Gasteiger partial charge in [-0.15, -0.1) is 0 Å². The number of anilines is 1. The number of carbonyl (C=O) groups is 2. The summed E-state index contributed by atoms with van der Waals surface area (Å²) in [7, 11) is 1.35. The van der Waals surface area contributed by atoms with Crippen molar-refractivity contribution < 1.29 is 14.3 Å². The van der Waals surface area contributed by atoms with Crippen LogP contribution in [0.15, 0.2) is 40.5 Å². The quantitative estimate of drug-likeness (QED) is 0.743. The first kappa shape index (κ1) is 18.5. The molecule has 6 nitrogen and oxygen atoms in total. The van der Waals surface area contributed by atoms with Gasteiger partial charge >= 0.3 is 5.97 Å². The van der Waals surface area contributed by atoms with Crippen LogP contribution in [-0.2, 0) is 14.3 Å². The lowest BCUT2D eigenvalue weighted by atomic mass is 9.94. The maximum atomic E-state index is 12.5. The van der Waals surface area contributed by atoms with Gasteiger partial charge in [0.05, 0.1) is 30.2 Å². The molecule has 1 fully saturated rings. The Labute approximate surface area is 157 Å². The molecular formula is C19H23N3O3S. The SMILES string of the molecule is CCN(CC)c1ccc([C@H]2C(C(=O)OC)=C(C)N=C3SCC(=O)N32)cc1. The molecule has 2 aliphatic rings. The van der Waals surface area contributed by atoms with Crippen LogP contribution in [0, 0.1) is 0 Å². The van der Waals surface area contributed by atoms with Crippen molar-refractivity contribution >= 4 is 34.5 Å². The zero-order valence-electron chi connectivity index (χ0n) is 15.5. The van der Waals surface area contributed by atoms with E-state index < -0.39 is 12.0 Å². The summed E-state index contributed by atoms with van der Waals surface area (Å²) in [6.45, 7) is 7.86. The number of rotatable bonds is 5. The van der Waals surface area contributed by atoms with Crippen molar-refractivity contribution in [2.45, 2.75) is 26.8 Å². The number of hydrogen-bond acceptors (Lipinski definition) is 6. The average Bonchev–Trinajstić information content (AvgIpc) is 3.02. The van der Waals surface area contributed by atoms with Gasteiger partial charge in [0.15, 0.2) is 5.17 Å². The minimum atomic E-state index is -0.497.